The molecule has 3 bridgehead atoms. The highest BCUT2D eigenvalue weighted by molar-refractivity contribution is 5.82. The molecule has 258 valence electrons. The first-order chi connectivity index (χ1) is 22.2. The molecule has 3 aliphatic carbocycles. The molecule has 5 fully saturated rings. The number of unbranched alkanes of at least 4 members (excludes halogenated alkanes) is 3. The molecule has 5 aliphatic rings. The van der Waals surface area contributed by atoms with Crippen molar-refractivity contribution in [3.63, 3.8) is 0 Å². The van der Waals surface area contributed by atoms with E-state index in [-0.39, 0.29) is 6.42 Å². The average Bonchev–Trinajstić information content (AvgIpc) is 3.41. The van der Waals surface area contributed by atoms with Gasteiger partial charge in [0.2, 0.25) is 0 Å². The van der Waals surface area contributed by atoms with Crippen LogP contribution in [0.1, 0.15) is 71.8 Å². The Balaban J connectivity index is 1.42. The van der Waals surface area contributed by atoms with Gasteiger partial charge in [0.25, 0.3) is 0 Å². The van der Waals surface area contributed by atoms with Crippen LogP contribution >= 0.6 is 0 Å². The number of allylic oxidation sites excluding steroid dienone is 3. The van der Waals surface area contributed by atoms with Crippen LogP contribution in [0.25, 0.3) is 0 Å². The fraction of sp³-hybridized carbons (Fsp3) is 0.649. The van der Waals surface area contributed by atoms with E-state index in [1.54, 1.807) is 25.1 Å². The number of rotatable bonds is 10. The fourth-order valence-corrected chi connectivity index (χ4v) is 9.47. The van der Waals surface area contributed by atoms with Crippen molar-refractivity contribution in [2.75, 3.05) is 6.61 Å². The number of esters is 1. The van der Waals surface area contributed by atoms with Crippen molar-refractivity contribution >= 4 is 5.97 Å². The number of fused-ring (bicyclic) bond motifs is 2. The van der Waals surface area contributed by atoms with Crippen molar-refractivity contribution < 1.29 is 49.3 Å². The largest absolute Gasteiger partial charge is 0.459 e. The third-order valence-corrected chi connectivity index (χ3v) is 11.8. The summed E-state index contributed by atoms with van der Waals surface area (Å²) in [4.78, 5) is 12.8. The predicted molar refractivity (Wildman–Crippen MR) is 171 cm³/mol. The summed E-state index contributed by atoms with van der Waals surface area (Å²) in [6.45, 7) is 11.0. The summed E-state index contributed by atoms with van der Waals surface area (Å²) in [5.74, 6) is -5.59. The van der Waals surface area contributed by atoms with Gasteiger partial charge in [-0.3, -0.25) is 0 Å². The third-order valence-electron chi connectivity index (χ3n) is 11.8. The van der Waals surface area contributed by atoms with Gasteiger partial charge in [-0.1, -0.05) is 88.8 Å². The molecule has 3 saturated carbocycles. The van der Waals surface area contributed by atoms with Crippen LogP contribution in [0.4, 0.5) is 0 Å². The van der Waals surface area contributed by atoms with E-state index in [4.69, 9.17) is 18.9 Å². The molecule has 0 unspecified atom stereocenters. The van der Waals surface area contributed by atoms with Crippen LogP contribution in [0.2, 0.25) is 0 Å². The highest BCUT2D eigenvalue weighted by atomic mass is 16.9. The number of hydrogen-bond acceptors (Lipinski definition) is 10. The first-order valence-electron chi connectivity index (χ1n) is 17.0. The molecule has 10 nitrogen and oxygen atoms in total. The minimum atomic E-state index is -2.64. The van der Waals surface area contributed by atoms with Crippen LogP contribution in [0.5, 0.6) is 0 Å². The van der Waals surface area contributed by atoms with Gasteiger partial charge in [-0.25, -0.2) is 4.79 Å². The molecular weight excluding hydrogens is 604 g/mol. The Hall–Kier alpha value is -2.41. The number of ether oxygens (including phenoxy) is 4. The quantitative estimate of drug-likeness (QED) is 0.0834. The molecule has 10 heteroatoms. The van der Waals surface area contributed by atoms with Crippen LogP contribution in [0, 0.1) is 23.7 Å². The van der Waals surface area contributed by atoms with Gasteiger partial charge in [0.05, 0.1) is 17.8 Å². The van der Waals surface area contributed by atoms with Crippen LogP contribution in [-0.4, -0.2) is 84.9 Å². The number of benzene rings is 1. The minimum Gasteiger partial charge on any atom is -0.459 e. The second-order valence-electron chi connectivity index (χ2n) is 14.6. The zero-order valence-electron chi connectivity index (χ0n) is 27.7. The van der Waals surface area contributed by atoms with E-state index >= 15 is 0 Å². The maximum atomic E-state index is 12.8. The lowest BCUT2D eigenvalue weighted by Gasteiger charge is -2.61. The number of hydrogen-bond donors (Lipinski definition) is 5. The Morgan fingerprint density at radius 1 is 1.06 bits per heavy atom. The first-order valence-corrected chi connectivity index (χ1v) is 17.0. The van der Waals surface area contributed by atoms with Gasteiger partial charge in [-0.2, -0.15) is 0 Å². The Morgan fingerprint density at radius 3 is 2.47 bits per heavy atom. The van der Waals surface area contributed by atoms with Crippen molar-refractivity contribution in [3.8, 4) is 0 Å². The van der Waals surface area contributed by atoms with E-state index in [2.05, 4.69) is 13.5 Å². The minimum absolute atomic E-state index is 0.211. The van der Waals surface area contributed by atoms with Gasteiger partial charge in [-0.15, -0.1) is 0 Å². The summed E-state index contributed by atoms with van der Waals surface area (Å²) in [6, 6.07) is 9.11. The average molecular weight is 655 g/mol. The summed E-state index contributed by atoms with van der Waals surface area (Å²) in [5, 5.41) is 60.9. The summed E-state index contributed by atoms with van der Waals surface area (Å²) < 4.78 is 26.0. The lowest BCUT2D eigenvalue weighted by Crippen LogP contribution is -2.73. The molecule has 6 rings (SSSR count). The van der Waals surface area contributed by atoms with Crippen LogP contribution in [-0.2, 0) is 29.7 Å². The Morgan fingerprint density at radius 2 is 1.79 bits per heavy atom. The van der Waals surface area contributed by atoms with Gasteiger partial charge in [0.15, 0.2) is 5.60 Å². The molecule has 13 atom stereocenters. The lowest BCUT2D eigenvalue weighted by atomic mass is 9.53. The summed E-state index contributed by atoms with van der Waals surface area (Å²) in [6.07, 6.45) is 4.67. The van der Waals surface area contributed by atoms with Crippen molar-refractivity contribution in [2.24, 2.45) is 23.7 Å². The van der Waals surface area contributed by atoms with Gasteiger partial charge >= 0.3 is 11.9 Å². The maximum Gasteiger partial charge on any atom is 0.330 e. The number of aliphatic hydroxyl groups excluding tert-OH is 3. The van der Waals surface area contributed by atoms with Gasteiger partial charge in [-0.05, 0) is 50.0 Å². The molecule has 5 N–H and O–H groups in total. The molecule has 2 heterocycles. The third kappa shape index (κ3) is 4.86. The fourth-order valence-electron chi connectivity index (χ4n) is 9.47. The van der Waals surface area contributed by atoms with Crippen LogP contribution in [0.3, 0.4) is 0 Å². The summed E-state index contributed by atoms with van der Waals surface area (Å²) in [5.41, 5.74) is -6.44. The normalized spacial score (nSPS) is 46.8. The van der Waals surface area contributed by atoms with Gasteiger partial charge in [0, 0.05) is 23.5 Å². The molecule has 0 spiro atoms. The SMILES string of the molecule is C=C(C)[C@]12C[C@@H](C)[C@@]34O[C@](c5ccccc5)(O[C@@H]1[C@@H]3[C@H](O)[C@](O)(COC(=O)/C=C/C=C/CCCCC)[C@@H](O)[C@@]1(O)[C@H]4C[C@H](C)[C@@H]1O)O2. The first kappa shape index (κ1) is 34.5. The highest BCUT2D eigenvalue weighted by Crippen LogP contribution is 2.72. The second kappa shape index (κ2) is 12.2. The number of carbonyl (C=O) groups is 1. The van der Waals surface area contributed by atoms with E-state index in [1.165, 1.54) is 12.2 Å². The second-order valence-corrected chi connectivity index (χ2v) is 14.6. The standard InChI is InChI=1S/C37H50O10/c1-6-7-8-9-10-11-15-18-27(38)44-21-33(42)30(40)28-31-34(22(2)3)20-24(5)36(28,26-19-23(4)29(39)35(26,43)32(33)41)47-37(45-31,46-34)25-16-13-12-14-17-25/h10-18,23-24,26,28-32,39-43H,2,6-9,19-21H2,1,3-5H3/b11-10+,18-15+/t23-,24+,26+,28-,29-,30-,31+,32+,33+,34+,35+,36-,37+/m0/s1. The van der Waals surface area contributed by atoms with Crippen molar-refractivity contribution in [1.82, 2.24) is 0 Å². The van der Waals surface area contributed by atoms with E-state index in [0.717, 1.165) is 25.7 Å². The van der Waals surface area contributed by atoms with Gasteiger partial charge in [0.1, 0.15) is 30.0 Å². The topological polar surface area (TPSA) is 155 Å². The maximum absolute atomic E-state index is 12.8. The molecular formula is C37H50O10. The Kier molecular flexibility index (Phi) is 8.92. The monoisotopic (exact) mass is 654 g/mol. The van der Waals surface area contributed by atoms with Crippen molar-refractivity contribution in [3.05, 3.63) is 72.4 Å². The van der Waals surface area contributed by atoms with Crippen LogP contribution in [0.15, 0.2) is 66.8 Å². The zero-order chi connectivity index (χ0) is 34.0. The van der Waals surface area contributed by atoms with E-state index in [1.807, 2.05) is 38.1 Å². The van der Waals surface area contributed by atoms with Crippen LogP contribution < -0.4 is 0 Å². The smallest absolute Gasteiger partial charge is 0.330 e. The molecule has 0 aromatic heterocycles. The van der Waals surface area contributed by atoms with E-state index in [0.29, 0.717) is 17.6 Å². The molecule has 47 heavy (non-hydrogen) atoms. The zero-order valence-corrected chi connectivity index (χ0v) is 27.7. The predicted octanol–water partition coefficient (Wildman–Crippen LogP) is 3.40. The molecule has 2 saturated heterocycles. The van der Waals surface area contributed by atoms with Crippen molar-refractivity contribution in [2.45, 2.75) is 119 Å². The highest BCUT2D eigenvalue weighted by Gasteiger charge is 2.85. The number of aliphatic hydroxyl groups is 5. The van der Waals surface area contributed by atoms with Gasteiger partial charge < -0.3 is 44.5 Å². The van der Waals surface area contributed by atoms with Crippen molar-refractivity contribution in [1.29, 1.82) is 0 Å². The molecule has 1 aromatic rings. The molecule has 2 aliphatic heterocycles. The summed E-state index contributed by atoms with van der Waals surface area (Å²) >= 11 is 0. The number of carbonyl (C=O) groups excluding carboxylic acids is 1. The Bertz CT molecular complexity index is 1410. The summed E-state index contributed by atoms with van der Waals surface area (Å²) in [7, 11) is 0. The lowest BCUT2D eigenvalue weighted by molar-refractivity contribution is -0.446. The Labute approximate surface area is 276 Å². The molecule has 0 radical (unpaired) electrons. The van der Waals surface area contributed by atoms with E-state index in [9.17, 15) is 30.3 Å². The molecule has 1 aromatic carbocycles. The molecule has 0 amide bonds. The van der Waals surface area contributed by atoms with E-state index < -0.39 is 89.0 Å².